The van der Waals surface area contributed by atoms with Crippen LogP contribution >= 0.6 is 0 Å². The van der Waals surface area contributed by atoms with E-state index in [0.29, 0.717) is 13.0 Å². The molecule has 1 amide bonds. The molecule has 2 aromatic carbocycles. The topological polar surface area (TPSA) is 64.6 Å². The van der Waals surface area contributed by atoms with Crippen molar-refractivity contribution in [1.82, 2.24) is 5.32 Å². The monoisotopic (exact) mass is 327 g/mol. The van der Waals surface area contributed by atoms with E-state index in [2.05, 4.69) is 5.32 Å². The summed E-state index contributed by atoms with van der Waals surface area (Å²) in [5.41, 5.74) is 2.00. The number of amides is 1. The molecule has 5 heteroatoms. The smallest absolute Gasteiger partial charge is 0.328 e. The minimum absolute atomic E-state index is 0.270. The molecule has 1 N–H and O–H groups in total. The molecule has 2 rings (SSSR count). The lowest BCUT2D eigenvalue weighted by Gasteiger charge is -2.15. The van der Waals surface area contributed by atoms with E-state index in [0.717, 1.165) is 16.9 Å². The minimum atomic E-state index is -0.691. The maximum atomic E-state index is 11.7. The lowest BCUT2D eigenvalue weighted by Crippen LogP contribution is -2.41. The summed E-state index contributed by atoms with van der Waals surface area (Å²) in [7, 11) is 1.30. The Morgan fingerprint density at radius 1 is 1.00 bits per heavy atom. The highest BCUT2D eigenvalue weighted by atomic mass is 16.5. The van der Waals surface area contributed by atoms with Gasteiger partial charge >= 0.3 is 5.97 Å². The van der Waals surface area contributed by atoms with Gasteiger partial charge < -0.3 is 14.8 Å². The number of nitrogens with one attached hydrogen (secondary N) is 1. The average molecular weight is 327 g/mol. The molecule has 0 fully saturated rings. The Morgan fingerprint density at radius 2 is 1.67 bits per heavy atom. The molecular weight excluding hydrogens is 306 g/mol. The van der Waals surface area contributed by atoms with E-state index < -0.39 is 12.0 Å². The standard InChI is InChI=1S/C19H21NO4/c1-14(21)20-18(19(22)23-2)12-15-8-10-17(11-9-15)24-13-16-6-4-3-5-7-16/h3-11,18H,12-13H2,1-2H3,(H,20,21). The lowest BCUT2D eigenvalue weighted by molar-refractivity contribution is -0.144. The van der Waals surface area contributed by atoms with Crippen LogP contribution in [0.2, 0.25) is 0 Å². The Balaban J connectivity index is 1.95. The van der Waals surface area contributed by atoms with Crippen LogP contribution in [0.15, 0.2) is 54.6 Å². The van der Waals surface area contributed by atoms with E-state index in [1.807, 2.05) is 54.6 Å². The zero-order chi connectivity index (χ0) is 17.4. The van der Waals surface area contributed by atoms with Crippen molar-refractivity contribution in [2.24, 2.45) is 0 Å². The molecular formula is C19H21NO4. The van der Waals surface area contributed by atoms with Gasteiger partial charge in [0.25, 0.3) is 0 Å². The van der Waals surface area contributed by atoms with Crippen molar-refractivity contribution in [2.75, 3.05) is 7.11 Å². The molecule has 0 aliphatic heterocycles. The summed E-state index contributed by atoms with van der Waals surface area (Å²) in [6, 6.07) is 16.7. The van der Waals surface area contributed by atoms with Gasteiger partial charge in [0.2, 0.25) is 5.91 Å². The molecule has 24 heavy (non-hydrogen) atoms. The van der Waals surface area contributed by atoms with Gasteiger partial charge in [0, 0.05) is 13.3 Å². The first-order valence-corrected chi connectivity index (χ1v) is 7.69. The highest BCUT2D eigenvalue weighted by Crippen LogP contribution is 2.15. The Hall–Kier alpha value is -2.82. The van der Waals surface area contributed by atoms with Gasteiger partial charge in [-0.05, 0) is 23.3 Å². The van der Waals surface area contributed by atoms with Gasteiger partial charge in [0.05, 0.1) is 7.11 Å². The Bertz CT molecular complexity index is 668. The summed E-state index contributed by atoms with van der Waals surface area (Å²) in [4.78, 5) is 22.9. The van der Waals surface area contributed by atoms with Crippen LogP contribution in [0.3, 0.4) is 0 Å². The second kappa shape index (κ2) is 8.72. The minimum Gasteiger partial charge on any atom is -0.489 e. The Kier molecular flexibility index (Phi) is 6.37. The third-order valence-electron chi connectivity index (χ3n) is 3.47. The summed E-state index contributed by atoms with van der Waals surface area (Å²) in [6.45, 7) is 1.87. The van der Waals surface area contributed by atoms with Crippen molar-refractivity contribution in [3.8, 4) is 5.75 Å². The lowest BCUT2D eigenvalue weighted by atomic mass is 10.1. The maximum Gasteiger partial charge on any atom is 0.328 e. The number of methoxy groups -OCH3 is 1. The zero-order valence-electron chi connectivity index (χ0n) is 13.8. The van der Waals surface area contributed by atoms with Gasteiger partial charge in [-0.1, -0.05) is 42.5 Å². The summed E-state index contributed by atoms with van der Waals surface area (Å²) >= 11 is 0. The van der Waals surface area contributed by atoms with E-state index >= 15 is 0 Å². The summed E-state index contributed by atoms with van der Waals surface area (Å²) < 4.78 is 10.4. The van der Waals surface area contributed by atoms with Crippen LogP contribution in [0, 0.1) is 0 Å². The van der Waals surface area contributed by atoms with E-state index in [9.17, 15) is 9.59 Å². The predicted octanol–water partition coefficient (Wildman–Crippen LogP) is 2.49. The van der Waals surface area contributed by atoms with Gasteiger partial charge in [-0.25, -0.2) is 4.79 Å². The van der Waals surface area contributed by atoms with E-state index in [4.69, 9.17) is 9.47 Å². The number of esters is 1. The van der Waals surface area contributed by atoms with Crippen molar-refractivity contribution in [3.05, 3.63) is 65.7 Å². The second-order valence-electron chi connectivity index (χ2n) is 5.40. The average Bonchev–Trinajstić information content (AvgIpc) is 2.60. The van der Waals surface area contributed by atoms with Crippen molar-refractivity contribution < 1.29 is 19.1 Å². The van der Waals surface area contributed by atoms with Crippen molar-refractivity contribution >= 4 is 11.9 Å². The van der Waals surface area contributed by atoms with Crippen LogP contribution in [0.1, 0.15) is 18.1 Å². The Morgan fingerprint density at radius 3 is 2.25 bits per heavy atom. The molecule has 2 aromatic rings. The summed E-state index contributed by atoms with van der Waals surface area (Å²) in [5, 5.41) is 2.60. The molecule has 0 aliphatic carbocycles. The summed E-state index contributed by atoms with van der Waals surface area (Å²) in [5.74, 6) is 0.0135. The molecule has 126 valence electrons. The third-order valence-corrected chi connectivity index (χ3v) is 3.47. The van der Waals surface area contributed by atoms with Crippen molar-refractivity contribution in [2.45, 2.75) is 26.0 Å². The van der Waals surface area contributed by atoms with Gasteiger partial charge in [-0.2, -0.15) is 0 Å². The number of ether oxygens (including phenoxy) is 2. The molecule has 0 aromatic heterocycles. The summed E-state index contributed by atoms with van der Waals surface area (Å²) in [6.07, 6.45) is 0.366. The molecule has 0 bridgehead atoms. The van der Waals surface area contributed by atoms with Crippen molar-refractivity contribution in [3.63, 3.8) is 0 Å². The third kappa shape index (κ3) is 5.43. The second-order valence-corrected chi connectivity index (χ2v) is 5.40. The highest BCUT2D eigenvalue weighted by Gasteiger charge is 2.20. The molecule has 0 aliphatic rings. The fourth-order valence-electron chi connectivity index (χ4n) is 2.28. The molecule has 1 atom stereocenters. The van der Waals surface area contributed by atoms with Crippen LogP contribution < -0.4 is 10.1 Å². The molecule has 0 saturated carbocycles. The molecule has 0 radical (unpaired) electrons. The van der Waals surface area contributed by atoms with Crippen molar-refractivity contribution in [1.29, 1.82) is 0 Å². The van der Waals surface area contributed by atoms with Gasteiger partial charge in [-0.3, -0.25) is 4.79 Å². The molecule has 5 nitrogen and oxygen atoms in total. The zero-order valence-corrected chi connectivity index (χ0v) is 13.8. The SMILES string of the molecule is COC(=O)C(Cc1ccc(OCc2ccccc2)cc1)NC(C)=O. The van der Waals surface area contributed by atoms with Gasteiger partial charge in [0.1, 0.15) is 18.4 Å². The molecule has 0 heterocycles. The first-order valence-electron chi connectivity index (χ1n) is 7.69. The number of rotatable bonds is 7. The molecule has 0 spiro atoms. The number of carbonyl (C=O) groups is 2. The van der Waals surface area contributed by atoms with Crippen LogP contribution in [0.5, 0.6) is 5.75 Å². The van der Waals surface area contributed by atoms with Crippen LogP contribution in [0.4, 0.5) is 0 Å². The number of hydrogen-bond donors (Lipinski definition) is 1. The molecule has 1 unspecified atom stereocenters. The van der Waals surface area contributed by atoms with E-state index in [1.54, 1.807) is 0 Å². The van der Waals surface area contributed by atoms with E-state index in [-0.39, 0.29) is 5.91 Å². The van der Waals surface area contributed by atoms with Gasteiger partial charge in [-0.15, -0.1) is 0 Å². The quantitative estimate of drug-likeness (QED) is 0.794. The largest absolute Gasteiger partial charge is 0.489 e. The Labute approximate surface area is 141 Å². The number of hydrogen-bond acceptors (Lipinski definition) is 4. The predicted molar refractivity (Wildman–Crippen MR) is 90.5 cm³/mol. The fourth-order valence-corrected chi connectivity index (χ4v) is 2.28. The number of benzene rings is 2. The van der Waals surface area contributed by atoms with Crippen LogP contribution in [-0.4, -0.2) is 25.0 Å². The first kappa shape index (κ1) is 17.5. The molecule has 0 saturated heterocycles. The first-order chi connectivity index (χ1) is 11.6. The maximum absolute atomic E-state index is 11.7. The van der Waals surface area contributed by atoms with Crippen LogP contribution in [-0.2, 0) is 27.4 Å². The normalized spacial score (nSPS) is 11.4. The highest BCUT2D eigenvalue weighted by molar-refractivity contribution is 5.83. The fraction of sp³-hybridized carbons (Fsp3) is 0.263. The van der Waals surface area contributed by atoms with Gasteiger partial charge in [0.15, 0.2) is 0 Å². The number of carbonyl (C=O) groups excluding carboxylic acids is 2. The van der Waals surface area contributed by atoms with E-state index in [1.165, 1.54) is 14.0 Å². The van der Waals surface area contributed by atoms with Crippen LogP contribution in [0.25, 0.3) is 0 Å².